The van der Waals surface area contributed by atoms with Crippen LogP contribution in [0.5, 0.6) is 0 Å². The number of nitrogens with zero attached hydrogens (tertiary/aromatic N) is 2. The normalized spacial score (nSPS) is 10.9. The maximum atomic E-state index is 12.0. The number of para-hydroxylation sites is 1. The summed E-state index contributed by atoms with van der Waals surface area (Å²) in [7, 11) is 0. The van der Waals surface area contributed by atoms with Crippen LogP contribution in [-0.4, -0.2) is 9.78 Å². The highest BCUT2D eigenvalue weighted by atomic mass is 16.4. The molecule has 0 saturated heterocycles. The predicted molar refractivity (Wildman–Crippen MR) is 85.0 cm³/mol. The van der Waals surface area contributed by atoms with E-state index in [1.807, 2.05) is 72.8 Å². The first kappa shape index (κ1) is 12.6. The van der Waals surface area contributed by atoms with E-state index < -0.39 is 5.76 Å². The Hall–Kier alpha value is -3.14. The lowest BCUT2D eigenvalue weighted by molar-refractivity contribution is 0.516. The minimum atomic E-state index is -0.491. The maximum absolute atomic E-state index is 12.0. The van der Waals surface area contributed by atoms with Gasteiger partial charge in [0.05, 0.1) is 5.69 Å². The molecule has 0 saturated carbocycles. The van der Waals surface area contributed by atoms with Gasteiger partial charge in [-0.3, -0.25) is 0 Å². The molecular formula is C18H12N2O2. The summed E-state index contributed by atoms with van der Waals surface area (Å²) < 4.78 is 6.57. The standard InChI is InChI=1S/C18H12N2O2/c21-18-20(16-8-2-1-3-9-16)19-17(22-18)15-11-10-13-6-4-5-7-14(13)12-15/h1-12H. The molecule has 0 N–H and O–H groups in total. The van der Waals surface area contributed by atoms with Crippen LogP contribution in [0.3, 0.4) is 0 Å². The molecule has 4 heteroatoms. The molecule has 0 radical (unpaired) electrons. The first-order chi connectivity index (χ1) is 10.8. The molecular weight excluding hydrogens is 276 g/mol. The number of hydrogen-bond acceptors (Lipinski definition) is 3. The smallest absolute Gasteiger partial charge is 0.387 e. The molecule has 0 atom stereocenters. The van der Waals surface area contributed by atoms with Crippen LogP contribution < -0.4 is 5.76 Å². The lowest BCUT2D eigenvalue weighted by Gasteiger charge is -1.99. The Morgan fingerprint density at radius 3 is 2.36 bits per heavy atom. The topological polar surface area (TPSA) is 48.0 Å². The maximum Gasteiger partial charge on any atom is 0.442 e. The SMILES string of the molecule is O=c1oc(-c2ccc3ccccc3c2)nn1-c1ccccc1. The van der Waals surface area contributed by atoms with Crippen molar-refractivity contribution in [3.05, 3.63) is 83.3 Å². The van der Waals surface area contributed by atoms with E-state index in [0.29, 0.717) is 11.6 Å². The highest BCUT2D eigenvalue weighted by Crippen LogP contribution is 2.22. The first-order valence-corrected chi connectivity index (χ1v) is 6.96. The van der Waals surface area contributed by atoms with Gasteiger partial charge in [-0.15, -0.1) is 5.10 Å². The van der Waals surface area contributed by atoms with E-state index in [1.165, 1.54) is 4.68 Å². The fourth-order valence-corrected chi connectivity index (χ4v) is 2.45. The summed E-state index contributed by atoms with van der Waals surface area (Å²) in [4.78, 5) is 12.0. The van der Waals surface area contributed by atoms with Gasteiger partial charge in [0.25, 0.3) is 0 Å². The van der Waals surface area contributed by atoms with Crippen LogP contribution in [-0.2, 0) is 0 Å². The van der Waals surface area contributed by atoms with E-state index in [9.17, 15) is 4.79 Å². The Morgan fingerprint density at radius 2 is 1.55 bits per heavy atom. The van der Waals surface area contributed by atoms with Crippen LogP contribution in [0, 0.1) is 0 Å². The zero-order chi connectivity index (χ0) is 14.9. The molecule has 0 fully saturated rings. The van der Waals surface area contributed by atoms with Crippen molar-refractivity contribution < 1.29 is 4.42 Å². The van der Waals surface area contributed by atoms with Crippen LogP contribution in [0.1, 0.15) is 0 Å². The van der Waals surface area contributed by atoms with Gasteiger partial charge >= 0.3 is 5.76 Å². The van der Waals surface area contributed by atoms with Gasteiger partial charge in [0.15, 0.2) is 0 Å². The number of aromatic nitrogens is 2. The van der Waals surface area contributed by atoms with Crippen LogP contribution >= 0.6 is 0 Å². The van der Waals surface area contributed by atoms with E-state index in [0.717, 1.165) is 16.3 Å². The number of fused-ring (bicyclic) bond motifs is 1. The average molecular weight is 288 g/mol. The van der Waals surface area contributed by atoms with E-state index in [2.05, 4.69) is 5.10 Å². The predicted octanol–water partition coefficient (Wildman–Crippen LogP) is 3.65. The molecule has 0 unspecified atom stereocenters. The van der Waals surface area contributed by atoms with E-state index in [1.54, 1.807) is 0 Å². The molecule has 0 bridgehead atoms. The quantitative estimate of drug-likeness (QED) is 0.565. The summed E-state index contributed by atoms with van der Waals surface area (Å²) in [5.74, 6) is -0.172. The molecule has 4 nitrogen and oxygen atoms in total. The fraction of sp³-hybridized carbons (Fsp3) is 0. The minimum Gasteiger partial charge on any atom is -0.387 e. The second-order valence-corrected chi connectivity index (χ2v) is 4.98. The van der Waals surface area contributed by atoms with Gasteiger partial charge in [-0.05, 0) is 35.0 Å². The van der Waals surface area contributed by atoms with Gasteiger partial charge in [0.1, 0.15) is 0 Å². The Labute approximate surface area is 126 Å². The lowest BCUT2D eigenvalue weighted by Crippen LogP contribution is -2.12. The van der Waals surface area contributed by atoms with Gasteiger partial charge in [0, 0.05) is 5.56 Å². The van der Waals surface area contributed by atoms with Gasteiger partial charge in [-0.1, -0.05) is 48.5 Å². The molecule has 4 rings (SSSR count). The van der Waals surface area contributed by atoms with Crippen LogP contribution in [0.25, 0.3) is 27.9 Å². The van der Waals surface area contributed by atoms with Crippen LogP contribution in [0.4, 0.5) is 0 Å². The molecule has 0 aliphatic rings. The largest absolute Gasteiger partial charge is 0.442 e. The van der Waals surface area contributed by atoms with E-state index in [4.69, 9.17) is 4.42 Å². The second-order valence-electron chi connectivity index (χ2n) is 4.98. The van der Waals surface area contributed by atoms with Crippen molar-refractivity contribution in [2.24, 2.45) is 0 Å². The molecule has 3 aromatic carbocycles. The highest BCUT2D eigenvalue weighted by molar-refractivity contribution is 5.86. The molecule has 1 heterocycles. The molecule has 0 spiro atoms. The Morgan fingerprint density at radius 1 is 0.818 bits per heavy atom. The van der Waals surface area contributed by atoms with Crippen LogP contribution in [0.15, 0.2) is 82.0 Å². The van der Waals surface area contributed by atoms with Crippen molar-refractivity contribution in [1.82, 2.24) is 9.78 Å². The van der Waals surface area contributed by atoms with Crippen molar-refractivity contribution in [2.45, 2.75) is 0 Å². The summed E-state index contributed by atoms with van der Waals surface area (Å²) in [6, 6.07) is 23.1. The summed E-state index contributed by atoms with van der Waals surface area (Å²) in [6.45, 7) is 0. The fourth-order valence-electron chi connectivity index (χ4n) is 2.45. The van der Waals surface area contributed by atoms with Gasteiger partial charge in [-0.2, -0.15) is 4.68 Å². The third-order valence-electron chi connectivity index (χ3n) is 3.54. The van der Waals surface area contributed by atoms with Crippen LogP contribution in [0.2, 0.25) is 0 Å². The number of rotatable bonds is 2. The average Bonchev–Trinajstić information content (AvgIpc) is 2.97. The number of hydrogen-bond donors (Lipinski definition) is 0. The van der Waals surface area contributed by atoms with Crippen molar-refractivity contribution in [1.29, 1.82) is 0 Å². The van der Waals surface area contributed by atoms with Crippen molar-refractivity contribution in [3.63, 3.8) is 0 Å². The lowest BCUT2D eigenvalue weighted by atomic mass is 10.1. The van der Waals surface area contributed by atoms with E-state index in [-0.39, 0.29) is 0 Å². The molecule has 22 heavy (non-hydrogen) atoms. The van der Waals surface area contributed by atoms with Crippen molar-refractivity contribution in [3.8, 4) is 17.1 Å². The van der Waals surface area contributed by atoms with E-state index >= 15 is 0 Å². The number of benzene rings is 3. The molecule has 0 aliphatic heterocycles. The Kier molecular flexibility index (Phi) is 2.86. The molecule has 4 aromatic rings. The molecule has 106 valence electrons. The Bertz CT molecular complexity index is 1000. The van der Waals surface area contributed by atoms with Gasteiger partial charge < -0.3 is 4.42 Å². The summed E-state index contributed by atoms with van der Waals surface area (Å²) in [5, 5.41) is 6.51. The zero-order valence-electron chi connectivity index (χ0n) is 11.6. The van der Waals surface area contributed by atoms with Crippen molar-refractivity contribution in [2.75, 3.05) is 0 Å². The molecule has 1 aromatic heterocycles. The Balaban J connectivity index is 1.84. The van der Waals surface area contributed by atoms with Crippen molar-refractivity contribution >= 4 is 10.8 Å². The summed E-state index contributed by atoms with van der Waals surface area (Å²) in [6.07, 6.45) is 0. The second kappa shape index (κ2) is 5.00. The summed E-state index contributed by atoms with van der Waals surface area (Å²) >= 11 is 0. The zero-order valence-corrected chi connectivity index (χ0v) is 11.6. The minimum absolute atomic E-state index is 0.319. The molecule has 0 aliphatic carbocycles. The summed E-state index contributed by atoms with van der Waals surface area (Å²) in [5.41, 5.74) is 1.47. The first-order valence-electron chi connectivity index (χ1n) is 6.96. The highest BCUT2D eigenvalue weighted by Gasteiger charge is 2.11. The third kappa shape index (κ3) is 2.11. The molecule has 0 amide bonds. The van der Waals surface area contributed by atoms with Gasteiger partial charge in [0.2, 0.25) is 5.89 Å². The monoisotopic (exact) mass is 288 g/mol. The third-order valence-corrected chi connectivity index (χ3v) is 3.54. The van der Waals surface area contributed by atoms with Gasteiger partial charge in [-0.25, -0.2) is 4.79 Å².